The summed E-state index contributed by atoms with van der Waals surface area (Å²) in [7, 11) is 0. The number of aryl methyl sites for hydroxylation is 1. The molecule has 0 amide bonds. The van der Waals surface area contributed by atoms with Crippen molar-refractivity contribution in [2.75, 3.05) is 0 Å². The van der Waals surface area contributed by atoms with Gasteiger partial charge in [0.05, 0.1) is 6.10 Å². The molecule has 2 unspecified atom stereocenters. The molecule has 0 radical (unpaired) electrons. The molecule has 1 rings (SSSR count). The molecule has 0 heterocycles. The number of carboxylic acids is 1. The van der Waals surface area contributed by atoms with Crippen LogP contribution in [0.1, 0.15) is 57.8 Å². The molecule has 21 heavy (non-hydrogen) atoms. The van der Waals surface area contributed by atoms with Crippen LogP contribution in [0.2, 0.25) is 0 Å². The van der Waals surface area contributed by atoms with Gasteiger partial charge in [0.15, 0.2) is 0 Å². The highest BCUT2D eigenvalue weighted by molar-refractivity contribution is 5.66. The molecule has 118 valence electrons. The highest BCUT2D eigenvalue weighted by Crippen LogP contribution is 2.22. The highest BCUT2D eigenvalue weighted by atomic mass is 16.4. The number of hydrogen-bond donors (Lipinski definition) is 3. The van der Waals surface area contributed by atoms with E-state index in [1.54, 1.807) is 0 Å². The van der Waals surface area contributed by atoms with Crippen molar-refractivity contribution in [3.8, 4) is 0 Å². The fourth-order valence-electron chi connectivity index (χ4n) is 2.33. The zero-order chi connectivity index (χ0) is 16.0. The Morgan fingerprint density at radius 2 is 1.81 bits per heavy atom. The van der Waals surface area contributed by atoms with E-state index in [-0.39, 0.29) is 18.0 Å². The van der Waals surface area contributed by atoms with Crippen LogP contribution in [0, 0.1) is 0 Å². The largest absolute Gasteiger partial charge is 0.481 e. The first kappa shape index (κ1) is 17.7. The van der Waals surface area contributed by atoms with Crippen molar-refractivity contribution in [1.82, 2.24) is 5.32 Å². The van der Waals surface area contributed by atoms with Gasteiger partial charge in [-0.15, -0.1) is 0 Å². The van der Waals surface area contributed by atoms with E-state index in [2.05, 4.69) is 12.2 Å². The summed E-state index contributed by atoms with van der Waals surface area (Å²) in [6.07, 6.45) is 0.676. The number of benzene rings is 1. The van der Waals surface area contributed by atoms with E-state index in [1.165, 1.54) is 5.56 Å². The Hall–Kier alpha value is -1.39. The molecule has 4 nitrogen and oxygen atoms in total. The van der Waals surface area contributed by atoms with Crippen LogP contribution in [-0.2, 0) is 11.2 Å². The minimum atomic E-state index is -0.843. The van der Waals surface area contributed by atoms with Crippen LogP contribution < -0.4 is 5.32 Å². The van der Waals surface area contributed by atoms with Gasteiger partial charge in [0, 0.05) is 18.0 Å². The highest BCUT2D eigenvalue weighted by Gasteiger charge is 2.25. The molecule has 0 aliphatic heterocycles. The van der Waals surface area contributed by atoms with Crippen molar-refractivity contribution in [3.63, 3.8) is 0 Å². The van der Waals surface area contributed by atoms with Gasteiger partial charge < -0.3 is 15.5 Å². The zero-order valence-corrected chi connectivity index (χ0v) is 13.4. The van der Waals surface area contributed by atoms with Crippen molar-refractivity contribution in [1.29, 1.82) is 0 Å². The predicted octanol–water partition coefficient (Wildman–Crippen LogP) is 2.90. The molecule has 0 aliphatic carbocycles. The molecular weight excluding hydrogens is 266 g/mol. The normalized spacial score (nSPS) is 14.7. The molecule has 2 atom stereocenters. The minimum Gasteiger partial charge on any atom is -0.481 e. The molecule has 3 N–H and O–H groups in total. The summed E-state index contributed by atoms with van der Waals surface area (Å²) in [4.78, 5) is 10.8. The maximum absolute atomic E-state index is 10.8. The Labute approximate surface area is 127 Å². The SMILES string of the molecule is CCc1ccc(C(O)C(CCC(=O)O)NC(C)(C)C)cc1. The number of aliphatic hydroxyl groups is 1. The molecule has 1 aromatic rings. The Kier molecular flexibility index (Phi) is 6.37. The minimum absolute atomic E-state index is 0.0395. The second kappa shape index (κ2) is 7.57. The van der Waals surface area contributed by atoms with Crippen LogP contribution in [0.25, 0.3) is 0 Å². The average Bonchev–Trinajstić information content (AvgIpc) is 2.41. The Morgan fingerprint density at radius 3 is 2.24 bits per heavy atom. The summed E-state index contributed by atoms with van der Waals surface area (Å²) in [5.41, 5.74) is 1.85. The summed E-state index contributed by atoms with van der Waals surface area (Å²) in [6.45, 7) is 8.11. The maximum Gasteiger partial charge on any atom is 0.303 e. The van der Waals surface area contributed by atoms with Gasteiger partial charge in [-0.3, -0.25) is 4.79 Å². The number of carboxylic acid groups (broad SMARTS) is 1. The zero-order valence-electron chi connectivity index (χ0n) is 13.4. The van der Waals surface area contributed by atoms with E-state index in [1.807, 2.05) is 45.0 Å². The van der Waals surface area contributed by atoms with E-state index in [0.29, 0.717) is 6.42 Å². The second-order valence-corrected chi connectivity index (χ2v) is 6.47. The molecule has 0 spiro atoms. The first-order valence-corrected chi connectivity index (χ1v) is 7.49. The number of rotatable bonds is 7. The predicted molar refractivity (Wildman–Crippen MR) is 84.3 cm³/mol. The van der Waals surface area contributed by atoms with Crippen LogP contribution in [0.3, 0.4) is 0 Å². The van der Waals surface area contributed by atoms with Crippen molar-refractivity contribution >= 4 is 5.97 Å². The molecule has 4 heteroatoms. The lowest BCUT2D eigenvalue weighted by Gasteiger charge is -2.32. The van der Waals surface area contributed by atoms with Gasteiger partial charge in [0.25, 0.3) is 0 Å². The van der Waals surface area contributed by atoms with E-state index in [4.69, 9.17) is 5.11 Å². The third kappa shape index (κ3) is 6.27. The van der Waals surface area contributed by atoms with Crippen LogP contribution in [0.5, 0.6) is 0 Å². The van der Waals surface area contributed by atoms with Crippen molar-refractivity contribution in [3.05, 3.63) is 35.4 Å². The lowest BCUT2D eigenvalue weighted by atomic mass is 9.94. The fourth-order valence-corrected chi connectivity index (χ4v) is 2.33. The lowest BCUT2D eigenvalue weighted by Crippen LogP contribution is -2.46. The van der Waals surface area contributed by atoms with Crippen molar-refractivity contribution in [2.45, 2.75) is 64.6 Å². The van der Waals surface area contributed by atoms with Gasteiger partial charge >= 0.3 is 5.97 Å². The molecule has 0 aromatic heterocycles. The monoisotopic (exact) mass is 293 g/mol. The molecule has 0 saturated carbocycles. The number of nitrogens with one attached hydrogen (secondary N) is 1. The van der Waals surface area contributed by atoms with Crippen molar-refractivity contribution in [2.24, 2.45) is 0 Å². The number of carbonyl (C=O) groups is 1. The molecule has 1 aromatic carbocycles. The smallest absolute Gasteiger partial charge is 0.303 e. The third-order valence-electron chi connectivity index (χ3n) is 3.40. The van der Waals surface area contributed by atoms with Gasteiger partial charge in [-0.2, -0.15) is 0 Å². The first-order valence-electron chi connectivity index (χ1n) is 7.49. The molecule has 0 fully saturated rings. The van der Waals surface area contributed by atoms with Gasteiger partial charge in [0.2, 0.25) is 0 Å². The average molecular weight is 293 g/mol. The Morgan fingerprint density at radius 1 is 1.24 bits per heavy atom. The van der Waals surface area contributed by atoms with Crippen molar-refractivity contribution < 1.29 is 15.0 Å². The Bertz CT molecular complexity index is 448. The van der Waals surface area contributed by atoms with Crippen LogP contribution in [-0.4, -0.2) is 27.8 Å². The van der Waals surface area contributed by atoms with E-state index in [9.17, 15) is 9.90 Å². The standard InChI is InChI=1S/C17H27NO3/c1-5-12-6-8-13(9-7-12)16(21)14(10-11-15(19)20)18-17(2,3)4/h6-9,14,16,18,21H,5,10-11H2,1-4H3,(H,19,20). The summed E-state index contributed by atoms with van der Waals surface area (Å²) in [6, 6.07) is 7.56. The summed E-state index contributed by atoms with van der Waals surface area (Å²) < 4.78 is 0. The first-order chi connectivity index (χ1) is 9.73. The molecular formula is C17H27NO3. The van der Waals surface area contributed by atoms with E-state index in [0.717, 1.165) is 12.0 Å². The van der Waals surface area contributed by atoms with Gasteiger partial charge in [0.1, 0.15) is 0 Å². The summed E-state index contributed by atoms with van der Waals surface area (Å²) in [5, 5.41) is 22.8. The maximum atomic E-state index is 10.8. The van der Waals surface area contributed by atoms with Gasteiger partial charge in [-0.05, 0) is 44.7 Å². The molecule has 0 saturated heterocycles. The second-order valence-electron chi connectivity index (χ2n) is 6.47. The topological polar surface area (TPSA) is 69.6 Å². The lowest BCUT2D eigenvalue weighted by molar-refractivity contribution is -0.137. The van der Waals surface area contributed by atoms with Gasteiger partial charge in [-0.1, -0.05) is 31.2 Å². The number of aliphatic hydroxyl groups excluding tert-OH is 1. The number of aliphatic carboxylic acids is 1. The molecule has 0 bridgehead atoms. The van der Waals surface area contributed by atoms with Gasteiger partial charge in [-0.25, -0.2) is 0 Å². The number of hydrogen-bond acceptors (Lipinski definition) is 3. The fraction of sp³-hybridized carbons (Fsp3) is 0.588. The van der Waals surface area contributed by atoms with E-state index >= 15 is 0 Å². The van der Waals surface area contributed by atoms with Crippen LogP contribution in [0.4, 0.5) is 0 Å². The van der Waals surface area contributed by atoms with Crippen LogP contribution in [0.15, 0.2) is 24.3 Å². The third-order valence-corrected chi connectivity index (χ3v) is 3.40. The quantitative estimate of drug-likeness (QED) is 0.723. The van der Waals surface area contributed by atoms with Crippen LogP contribution >= 0.6 is 0 Å². The summed E-state index contributed by atoms with van der Waals surface area (Å²) in [5.74, 6) is -0.843. The van der Waals surface area contributed by atoms with E-state index < -0.39 is 12.1 Å². The summed E-state index contributed by atoms with van der Waals surface area (Å²) >= 11 is 0. The Balaban J connectivity index is 2.85. The molecule has 0 aliphatic rings.